The highest BCUT2D eigenvalue weighted by Gasteiger charge is 2.13. The van der Waals surface area contributed by atoms with E-state index in [0.717, 1.165) is 6.42 Å². The van der Waals surface area contributed by atoms with Crippen molar-refractivity contribution >= 4 is 28.3 Å². The fourth-order valence-electron chi connectivity index (χ4n) is 3.54. The first-order valence-electron chi connectivity index (χ1n) is 10.5. The monoisotopic (exact) mass is 424 g/mol. The lowest BCUT2D eigenvalue weighted by Gasteiger charge is -2.12. The number of benzene rings is 4. The minimum absolute atomic E-state index is 0.162. The fourth-order valence-corrected chi connectivity index (χ4v) is 3.54. The van der Waals surface area contributed by atoms with E-state index in [1.165, 1.54) is 16.3 Å². The maximum atomic E-state index is 12.6. The van der Waals surface area contributed by atoms with Gasteiger partial charge in [0.05, 0.1) is 5.56 Å². The Labute approximate surface area is 187 Å². The van der Waals surface area contributed by atoms with Crippen molar-refractivity contribution in [1.82, 2.24) is 5.32 Å². The molecule has 4 aromatic carbocycles. The first-order chi connectivity index (χ1) is 15.7. The largest absolute Gasteiger partial charge is 0.483 e. The van der Waals surface area contributed by atoms with E-state index in [2.05, 4.69) is 34.9 Å². The Balaban J connectivity index is 1.31. The Kier molecular flexibility index (Phi) is 6.78. The highest BCUT2D eigenvalue weighted by molar-refractivity contribution is 6.06. The van der Waals surface area contributed by atoms with Gasteiger partial charge in [-0.15, -0.1) is 0 Å². The van der Waals surface area contributed by atoms with Crippen LogP contribution in [0.5, 0.6) is 5.75 Å². The average molecular weight is 425 g/mol. The molecular formula is C27H24N2O3. The molecule has 160 valence electrons. The maximum Gasteiger partial charge on any atom is 0.259 e. The molecule has 4 rings (SSSR count). The van der Waals surface area contributed by atoms with E-state index < -0.39 is 0 Å². The van der Waals surface area contributed by atoms with E-state index in [-0.39, 0.29) is 18.4 Å². The normalized spacial score (nSPS) is 10.5. The summed E-state index contributed by atoms with van der Waals surface area (Å²) in [4.78, 5) is 24.9. The third-order valence-electron chi connectivity index (χ3n) is 5.12. The van der Waals surface area contributed by atoms with Crippen LogP contribution in [0, 0.1) is 0 Å². The summed E-state index contributed by atoms with van der Waals surface area (Å²) in [5.74, 6) is -0.156. The standard InChI is InChI=1S/C27H24N2O3/c30-26(28-18-17-21-11-8-10-20-9-4-5-14-23(20)21)19-32-25-16-7-6-15-24(25)27(31)29-22-12-2-1-3-13-22/h1-16H,17-19H2,(H,28,30)(H,29,31). The molecule has 0 atom stereocenters. The molecule has 0 fully saturated rings. The third kappa shape index (κ3) is 5.32. The van der Waals surface area contributed by atoms with Crippen molar-refractivity contribution in [3.8, 4) is 5.75 Å². The zero-order valence-corrected chi connectivity index (χ0v) is 17.6. The van der Waals surface area contributed by atoms with Crippen molar-refractivity contribution in [2.45, 2.75) is 6.42 Å². The van der Waals surface area contributed by atoms with Crippen LogP contribution in [-0.4, -0.2) is 25.0 Å². The number of carbonyl (C=O) groups excluding carboxylic acids is 2. The molecule has 32 heavy (non-hydrogen) atoms. The second-order valence-electron chi connectivity index (χ2n) is 7.34. The number of rotatable bonds is 8. The molecule has 0 aliphatic rings. The van der Waals surface area contributed by atoms with Gasteiger partial charge >= 0.3 is 0 Å². The fraction of sp³-hybridized carbons (Fsp3) is 0.111. The highest BCUT2D eigenvalue weighted by atomic mass is 16.5. The quantitative estimate of drug-likeness (QED) is 0.426. The van der Waals surface area contributed by atoms with Gasteiger partial charge in [0.15, 0.2) is 6.61 Å². The van der Waals surface area contributed by atoms with E-state index in [1.807, 2.05) is 48.5 Å². The van der Waals surface area contributed by atoms with E-state index in [4.69, 9.17) is 4.74 Å². The van der Waals surface area contributed by atoms with E-state index in [9.17, 15) is 9.59 Å². The Morgan fingerprint density at radius 3 is 2.34 bits per heavy atom. The zero-order chi connectivity index (χ0) is 22.2. The molecule has 2 N–H and O–H groups in total. The molecule has 0 unspecified atom stereocenters. The maximum absolute atomic E-state index is 12.6. The number of anilines is 1. The Morgan fingerprint density at radius 2 is 1.47 bits per heavy atom. The lowest BCUT2D eigenvalue weighted by atomic mass is 10.0. The zero-order valence-electron chi connectivity index (χ0n) is 17.6. The molecule has 0 radical (unpaired) electrons. The third-order valence-corrected chi connectivity index (χ3v) is 5.12. The number of para-hydroxylation sites is 2. The van der Waals surface area contributed by atoms with Crippen molar-refractivity contribution in [1.29, 1.82) is 0 Å². The van der Waals surface area contributed by atoms with Crippen LogP contribution in [0.1, 0.15) is 15.9 Å². The molecule has 4 aromatic rings. The minimum Gasteiger partial charge on any atom is -0.483 e. The first-order valence-corrected chi connectivity index (χ1v) is 10.5. The van der Waals surface area contributed by atoms with Gasteiger partial charge in [-0.05, 0) is 47.0 Å². The summed E-state index contributed by atoms with van der Waals surface area (Å²) in [6.07, 6.45) is 0.725. The van der Waals surface area contributed by atoms with Crippen LogP contribution in [0.2, 0.25) is 0 Å². The summed E-state index contributed by atoms with van der Waals surface area (Å²) >= 11 is 0. The summed E-state index contributed by atoms with van der Waals surface area (Å²) in [5, 5.41) is 8.10. The van der Waals surface area contributed by atoms with Crippen LogP contribution in [0.25, 0.3) is 10.8 Å². The predicted octanol–water partition coefficient (Wildman–Crippen LogP) is 4.83. The molecule has 0 bridgehead atoms. The lowest BCUT2D eigenvalue weighted by Crippen LogP contribution is -2.31. The van der Waals surface area contributed by atoms with Crippen molar-refractivity contribution in [3.63, 3.8) is 0 Å². The predicted molar refractivity (Wildman–Crippen MR) is 127 cm³/mol. The molecular weight excluding hydrogens is 400 g/mol. The smallest absolute Gasteiger partial charge is 0.259 e. The van der Waals surface area contributed by atoms with Crippen LogP contribution < -0.4 is 15.4 Å². The van der Waals surface area contributed by atoms with E-state index in [1.54, 1.807) is 24.3 Å². The lowest BCUT2D eigenvalue weighted by molar-refractivity contribution is -0.123. The number of hydrogen-bond donors (Lipinski definition) is 2. The molecule has 2 amide bonds. The van der Waals surface area contributed by atoms with Crippen molar-refractivity contribution < 1.29 is 14.3 Å². The number of nitrogens with one attached hydrogen (secondary N) is 2. The topological polar surface area (TPSA) is 67.4 Å². The van der Waals surface area contributed by atoms with Gasteiger partial charge in [-0.1, -0.05) is 72.8 Å². The van der Waals surface area contributed by atoms with Gasteiger partial charge < -0.3 is 15.4 Å². The van der Waals surface area contributed by atoms with Gasteiger partial charge in [0.25, 0.3) is 11.8 Å². The van der Waals surface area contributed by atoms with Crippen molar-refractivity contribution in [2.24, 2.45) is 0 Å². The van der Waals surface area contributed by atoms with E-state index >= 15 is 0 Å². The van der Waals surface area contributed by atoms with Crippen molar-refractivity contribution in [2.75, 3.05) is 18.5 Å². The summed E-state index contributed by atoms with van der Waals surface area (Å²) in [5.41, 5.74) is 2.26. The van der Waals surface area contributed by atoms with Gasteiger partial charge in [-0.2, -0.15) is 0 Å². The number of ether oxygens (including phenoxy) is 1. The number of carbonyl (C=O) groups is 2. The molecule has 0 aliphatic heterocycles. The SMILES string of the molecule is O=C(COc1ccccc1C(=O)Nc1ccccc1)NCCc1cccc2ccccc12. The number of fused-ring (bicyclic) bond motifs is 1. The van der Waals surface area contributed by atoms with Crippen LogP contribution in [0.15, 0.2) is 97.1 Å². The minimum atomic E-state index is -0.289. The van der Waals surface area contributed by atoms with Gasteiger partial charge in [0, 0.05) is 12.2 Å². The van der Waals surface area contributed by atoms with Crippen LogP contribution in [-0.2, 0) is 11.2 Å². The molecule has 5 heteroatoms. The van der Waals surface area contributed by atoms with Crippen LogP contribution in [0.3, 0.4) is 0 Å². The molecule has 0 spiro atoms. The first kappa shape index (κ1) is 21.1. The number of amides is 2. The number of hydrogen-bond acceptors (Lipinski definition) is 3. The molecule has 0 saturated carbocycles. The molecule has 0 heterocycles. The molecule has 0 aliphatic carbocycles. The Bertz CT molecular complexity index is 1220. The van der Waals surface area contributed by atoms with Crippen molar-refractivity contribution in [3.05, 3.63) is 108 Å². The second-order valence-corrected chi connectivity index (χ2v) is 7.34. The summed E-state index contributed by atoms with van der Waals surface area (Å²) < 4.78 is 5.66. The summed E-state index contributed by atoms with van der Waals surface area (Å²) in [7, 11) is 0. The molecule has 0 aromatic heterocycles. The van der Waals surface area contributed by atoms with Gasteiger partial charge in [-0.25, -0.2) is 0 Å². The summed E-state index contributed by atoms with van der Waals surface area (Å²) in [6, 6.07) is 30.5. The van der Waals surface area contributed by atoms with Crippen LogP contribution in [0.4, 0.5) is 5.69 Å². The second kappa shape index (κ2) is 10.3. The van der Waals surface area contributed by atoms with Gasteiger partial charge in [-0.3, -0.25) is 9.59 Å². The highest BCUT2D eigenvalue weighted by Crippen LogP contribution is 2.20. The molecule has 5 nitrogen and oxygen atoms in total. The Morgan fingerprint density at radius 1 is 0.750 bits per heavy atom. The van der Waals surface area contributed by atoms with Gasteiger partial charge in [0.1, 0.15) is 5.75 Å². The van der Waals surface area contributed by atoms with E-state index in [0.29, 0.717) is 23.5 Å². The Hall–Kier alpha value is -4.12. The molecule has 0 saturated heterocycles. The van der Waals surface area contributed by atoms with Gasteiger partial charge in [0.2, 0.25) is 0 Å². The van der Waals surface area contributed by atoms with Crippen LogP contribution >= 0.6 is 0 Å². The summed E-state index contributed by atoms with van der Waals surface area (Å²) in [6.45, 7) is 0.345. The average Bonchev–Trinajstić information content (AvgIpc) is 2.84.